The van der Waals surface area contributed by atoms with Crippen LogP contribution < -0.4 is 10.2 Å². The Labute approximate surface area is 162 Å². The van der Waals surface area contributed by atoms with Crippen LogP contribution in [0.5, 0.6) is 0 Å². The first-order valence-corrected chi connectivity index (χ1v) is 8.89. The predicted molar refractivity (Wildman–Crippen MR) is 110 cm³/mol. The van der Waals surface area contributed by atoms with Gasteiger partial charge in [-0.05, 0) is 55.5 Å². The zero-order valence-corrected chi connectivity index (χ0v) is 15.9. The fourth-order valence-electron chi connectivity index (χ4n) is 2.89. The van der Waals surface area contributed by atoms with E-state index in [-0.39, 0.29) is 5.91 Å². The van der Waals surface area contributed by atoms with Crippen molar-refractivity contribution in [3.63, 3.8) is 0 Å². The first-order valence-electron chi connectivity index (χ1n) is 8.89. The highest BCUT2D eigenvalue weighted by Crippen LogP contribution is 2.21. The molecule has 0 fully saturated rings. The van der Waals surface area contributed by atoms with Crippen molar-refractivity contribution < 1.29 is 4.79 Å². The van der Waals surface area contributed by atoms with Gasteiger partial charge in [0.25, 0.3) is 5.91 Å². The van der Waals surface area contributed by atoms with Gasteiger partial charge < -0.3 is 10.2 Å². The van der Waals surface area contributed by atoms with Gasteiger partial charge in [0, 0.05) is 36.6 Å². The summed E-state index contributed by atoms with van der Waals surface area (Å²) in [5, 5.41) is 15.6. The largest absolute Gasteiger partial charge is 0.378 e. The molecule has 0 atom stereocenters. The van der Waals surface area contributed by atoms with Crippen molar-refractivity contribution in [2.45, 2.75) is 6.92 Å². The van der Waals surface area contributed by atoms with Crippen molar-refractivity contribution >= 4 is 22.9 Å². The number of rotatable bonds is 4. The fourth-order valence-corrected chi connectivity index (χ4v) is 2.89. The van der Waals surface area contributed by atoms with Gasteiger partial charge in [0.15, 0.2) is 11.5 Å². The van der Waals surface area contributed by atoms with Gasteiger partial charge in [-0.15, -0.1) is 10.2 Å². The average Bonchev–Trinajstić information content (AvgIpc) is 3.09. The van der Waals surface area contributed by atoms with Gasteiger partial charge in [0.05, 0.1) is 5.69 Å². The first-order chi connectivity index (χ1) is 13.5. The number of hydrogen-bond acceptors (Lipinski definition) is 5. The molecule has 0 bridgehead atoms. The Morgan fingerprint density at radius 1 is 0.929 bits per heavy atom. The Hall–Kier alpha value is -3.74. The van der Waals surface area contributed by atoms with E-state index in [2.05, 4.69) is 20.6 Å². The van der Waals surface area contributed by atoms with Crippen LogP contribution in [0.15, 0.2) is 60.7 Å². The standard InChI is InChI=1S/C21H20N6O/c1-14-23-24-20-13-12-19(25-27(14)20)15-4-8-17(9-5-15)22-21(28)16-6-10-18(11-7-16)26(2)3/h4-13H,1-3H3,(H,22,28). The van der Waals surface area contributed by atoms with Gasteiger partial charge in [-0.25, -0.2) is 0 Å². The second-order valence-corrected chi connectivity index (χ2v) is 6.71. The van der Waals surface area contributed by atoms with E-state index >= 15 is 0 Å². The quantitative estimate of drug-likeness (QED) is 0.594. The Kier molecular flexibility index (Phi) is 4.49. The Morgan fingerprint density at radius 2 is 1.64 bits per heavy atom. The molecule has 1 amide bonds. The third kappa shape index (κ3) is 3.42. The van der Waals surface area contributed by atoms with Crippen LogP contribution in [0.3, 0.4) is 0 Å². The van der Waals surface area contributed by atoms with Crippen LogP contribution in [0.1, 0.15) is 16.2 Å². The number of nitrogens with zero attached hydrogens (tertiary/aromatic N) is 5. The van der Waals surface area contributed by atoms with Crippen LogP contribution >= 0.6 is 0 Å². The monoisotopic (exact) mass is 372 g/mol. The third-order valence-corrected chi connectivity index (χ3v) is 4.50. The number of amides is 1. The average molecular weight is 372 g/mol. The molecule has 4 aromatic rings. The maximum Gasteiger partial charge on any atom is 0.255 e. The number of aromatic nitrogens is 4. The van der Waals surface area contributed by atoms with Gasteiger partial charge in [0.2, 0.25) is 0 Å². The number of nitrogens with one attached hydrogen (secondary N) is 1. The number of fused-ring (bicyclic) bond motifs is 1. The van der Waals surface area contributed by atoms with E-state index < -0.39 is 0 Å². The summed E-state index contributed by atoms with van der Waals surface area (Å²) < 4.78 is 1.71. The van der Waals surface area contributed by atoms with Crippen molar-refractivity contribution in [2.75, 3.05) is 24.3 Å². The summed E-state index contributed by atoms with van der Waals surface area (Å²) in [6.45, 7) is 1.86. The number of aryl methyl sites for hydroxylation is 1. The number of hydrogen-bond donors (Lipinski definition) is 1. The third-order valence-electron chi connectivity index (χ3n) is 4.50. The second kappa shape index (κ2) is 7.11. The lowest BCUT2D eigenvalue weighted by molar-refractivity contribution is 0.102. The van der Waals surface area contributed by atoms with E-state index in [0.717, 1.165) is 28.5 Å². The Morgan fingerprint density at radius 3 is 2.32 bits per heavy atom. The summed E-state index contributed by atoms with van der Waals surface area (Å²) in [4.78, 5) is 14.4. The smallest absolute Gasteiger partial charge is 0.255 e. The van der Waals surface area contributed by atoms with E-state index in [0.29, 0.717) is 11.2 Å². The first kappa shape index (κ1) is 17.7. The van der Waals surface area contributed by atoms with E-state index in [4.69, 9.17) is 0 Å². The molecule has 28 heavy (non-hydrogen) atoms. The molecule has 2 aromatic carbocycles. The minimum absolute atomic E-state index is 0.141. The molecule has 0 radical (unpaired) electrons. The SMILES string of the molecule is Cc1nnc2ccc(-c3ccc(NC(=O)c4ccc(N(C)C)cc4)cc3)nn12. The van der Waals surface area contributed by atoms with Gasteiger partial charge >= 0.3 is 0 Å². The van der Waals surface area contributed by atoms with Gasteiger partial charge in [-0.1, -0.05) is 12.1 Å². The fraction of sp³-hybridized carbons (Fsp3) is 0.143. The maximum absolute atomic E-state index is 12.5. The molecule has 0 spiro atoms. The maximum atomic E-state index is 12.5. The normalized spacial score (nSPS) is 10.8. The minimum Gasteiger partial charge on any atom is -0.378 e. The predicted octanol–water partition coefficient (Wildman–Crippen LogP) is 3.42. The molecule has 140 valence electrons. The molecule has 2 aromatic heterocycles. The molecule has 2 heterocycles. The van der Waals surface area contributed by atoms with Crippen LogP contribution in [-0.2, 0) is 0 Å². The van der Waals surface area contributed by atoms with Crippen molar-refractivity contribution in [2.24, 2.45) is 0 Å². The van der Waals surface area contributed by atoms with Gasteiger partial charge in [-0.3, -0.25) is 4.79 Å². The summed E-state index contributed by atoms with van der Waals surface area (Å²) in [6.07, 6.45) is 0. The molecule has 7 heteroatoms. The molecule has 0 saturated carbocycles. The lowest BCUT2D eigenvalue weighted by Gasteiger charge is -2.12. The molecule has 0 unspecified atom stereocenters. The van der Waals surface area contributed by atoms with Crippen molar-refractivity contribution in [3.8, 4) is 11.3 Å². The van der Waals surface area contributed by atoms with Crippen LogP contribution in [0.4, 0.5) is 11.4 Å². The van der Waals surface area contributed by atoms with Crippen LogP contribution in [0.25, 0.3) is 16.9 Å². The topological polar surface area (TPSA) is 75.4 Å². The summed E-state index contributed by atoms with van der Waals surface area (Å²) in [5.41, 5.74) is 4.87. The Balaban J connectivity index is 1.50. The van der Waals surface area contributed by atoms with Crippen molar-refractivity contribution in [1.82, 2.24) is 19.8 Å². The molecular formula is C21H20N6O. The Bertz CT molecular complexity index is 1130. The number of carbonyl (C=O) groups excluding carboxylic acids is 1. The zero-order valence-electron chi connectivity index (χ0n) is 15.9. The molecule has 0 saturated heterocycles. The van der Waals surface area contributed by atoms with E-state index in [9.17, 15) is 4.79 Å². The minimum atomic E-state index is -0.141. The van der Waals surface area contributed by atoms with Gasteiger partial charge in [-0.2, -0.15) is 9.61 Å². The number of benzene rings is 2. The van der Waals surface area contributed by atoms with Crippen LogP contribution in [-0.4, -0.2) is 39.8 Å². The van der Waals surface area contributed by atoms with E-state index in [1.165, 1.54) is 0 Å². The summed E-state index contributed by atoms with van der Waals surface area (Å²) in [7, 11) is 3.93. The molecule has 1 N–H and O–H groups in total. The zero-order chi connectivity index (χ0) is 19.7. The molecular weight excluding hydrogens is 352 g/mol. The highest BCUT2D eigenvalue weighted by atomic mass is 16.1. The lowest BCUT2D eigenvalue weighted by Crippen LogP contribution is -2.13. The van der Waals surface area contributed by atoms with Crippen molar-refractivity contribution in [3.05, 3.63) is 72.1 Å². The van der Waals surface area contributed by atoms with E-state index in [1.54, 1.807) is 4.52 Å². The molecule has 7 nitrogen and oxygen atoms in total. The highest BCUT2D eigenvalue weighted by molar-refractivity contribution is 6.04. The summed E-state index contributed by atoms with van der Waals surface area (Å²) >= 11 is 0. The molecule has 0 aliphatic rings. The highest BCUT2D eigenvalue weighted by Gasteiger charge is 2.08. The van der Waals surface area contributed by atoms with Crippen LogP contribution in [0, 0.1) is 6.92 Å². The number of carbonyl (C=O) groups is 1. The van der Waals surface area contributed by atoms with E-state index in [1.807, 2.05) is 86.6 Å². The molecule has 4 rings (SSSR count). The summed E-state index contributed by atoms with van der Waals surface area (Å²) in [6, 6.07) is 18.9. The molecule has 0 aliphatic heterocycles. The lowest BCUT2D eigenvalue weighted by atomic mass is 10.1. The van der Waals surface area contributed by atoms with Gasteiger partial charge in [0.1, 0.15) is 0 Å². The molecule has 0 aliphatic carbocycles. The number of anilines is 2. The second-order valence-electron chi connectivity index (χ2n) is 6.71. The van der Waals surface area contributed by atoms with Crippen LogP contribution in [0.2, 0.25) is 0 Å². The summed E-state index contributed by atoms with van der Waals surface area (Å²) in [5.74, 6) is 0.596. The van der Waals surface area contributed by atoms with Crippen molar-refractivity contribution in [1.29, 1.82) is 0 Å².